The zero-order valence-corrected chi connectivity index (χ0v) is 7.10. The molecule has 0 aliphatic carbocycles. The van der Waals surface area contributed by atoms with Gasteiger partial charge >= 0.3 is 5.97 Å². The standard InChI is InChI=1S/C9H9NO3/c1-6(8(11)9(12)13)7-2-4-10-5-3-7/h2-6H,1H3,(H,12,13). The normalized spacial score (nSPS) is 12.1. The van der Waals surface area contributed by atoms with Crippen LogP contribution >= 0.6 is 0 Å². The number of aromatic nitrogens is 1. The number of Topliss-reactive ketones (excluding diaryl/α,β-unsaturated/α-hetero) is 1. The van der Waals surface area contributed by atoms with Gasteiger partial charge in [-0.1, -0.05) is 6.92 Å². The van der Waals surface area contributed by atoms with Crippen LogP contribution in [0.4, 0.5) is 0 Å². The Kier molecular flexibility index (Phi) is 2.74. The number of ketones is 1. The number of carboxylic acids is 1. The number of carbonyl (C=O) groups excluding carboxylic acids is 1. The van der Waals surface area contributed by atoms with Crippen LogP contribution in [0, 0.1) is 0 Å². The monoisotopic (exact) mass is 179 g/mol. The van der Waals surface area contributed by atoms with Crippen molar-refractivity contribution in [2.24, 2.45) is 0 Å². The number of aliphatic carboxylic acids is 1. The molecule has 4 heteroatoms. The van der Waals surface area contributed by atoms with E-state index >= 15 is 0 Å². The zero-order valence-electron chi connectivity index (χ0n) is 7.10. The minimum absolute atomic E-state index is 0.611. The van der Waals surface area contributed by atoms with Crippen molar-refractivity contribution >= 4 is 11.8 Å². The lowest BCUT2D eigenvalue weighted by molar-refractivity contribution is -0.149. The molecule has 1 heterocycles. The van der Waals surface area contributed by atoms with E-state index in [1.165, 1.54) is 12.4 Å². The summed E-state index contributed by atoms with van der Waals surface area (Å²) in [4.78, 5) is 25.1. The smallest absolute Gasteiger partial charge is 0.372 e. The van der Waals surface area contributed by atoms with E-state index in [1.807, 2.05) is 0 Å². The van der Waals surface area contributed by atoms with Crippen LogP contribution in [0.3, 0.4) is 0 Å². The number of nitrogens with zero attached hydrogens (tertiary/aromatic N) is 1. The van der Waals surface area contributed by atoms with Gasteiger partial charge in [0, 0.05) is 12.4 Å². The third-order valence-electron chi connectivity index (χ3n) is 1.81. The molecule has 1 unspecified atom stereocenters. The van der Waals surface area contributed by atoms with E-state index in [9.17, 15) is 9.59 Å². The molecular weight excluding hydrogens is 170 g/mol. The van der Waals surface area contributed by atoms with Gasteiger partial charge in [-0.05, 0) is 17.7 Å². The fourth-order valence-electron chi connectivity index (χ4n) is 0.989. The Morgan fingerprint density at radius 3 is 2.38 bits per heavy atom. The van der Waals surface area contributed by atoms with Crippen LogP contribution in [-0.4, -0.2) is 21.8 Å². The highest BCUT2D eigenvalue weighted by Crippen LogP contribution is 2.14. The van der Waals surface area contributed by atoms with Crippen LogP contribution in [-0.2, 0) is 9.59 Å². The molecule has 0 aliphatic heterocycles. The summed E-state index contributed by atoms with van der Waals surface area (Å²) in [6.45, 7) is 1.56. The van der Waals surface area contributed by atoms with E-state index in [2.05, 4.69) is 4.98 Å². The molecule has 0 fully saturated rings. The summed E-state index contributed by atoms with van der Waals surface area (Å²) in [5.41, 5.74) is 0.669. The van der Waals surface area contributed by atoms with Crippen LogP contribution in [0.15, 0.2) is 24.5 Å². The summed E-state index contributed by atoms with van der Waals surface area (Å²) >= 11 is 0. The Hall–Kier alpha value is -1.71. The molecule has 0 amide bonds. The average molecular weight is 179 g/mol. The molecule has 13 heavy (non-hydrogen) atoms. The first-order valence-corrected chi connectivity index (χ1v) is 3.80. The van der Waals surface area contributed by atoms with E-state index in [1.54, 1.807) is 19.1 Å². The van der Waals surface area contributed by atoms with Crippen LogP contribution in [0.5, 0.6) is 0 Å². The number of hydrogen-bond donors (Lipinski definition) is 1. The van der Waals surface area contributed by atoms with Crippen molar-refractivity contribution in [3.63, 3.8) is 0 Å². The van der Waals surface area contributed by atoms with Gasteiger partial charge in [0.15, 0.2) is 0 Å². The second kappa shape index (κ2) is 3.80. The van der Waals surface area contributed by atoms with Crippen LogP contribution < -0.4 is 0 Å². The molecule has 0 saturated heterocycles. The van der Waals surface area contributed by atoms with E-state index in [0.717, 1.165) is 0 Å². The Bertz CT molecular complexity index is 321. The predicted molar refractivity (Wildman–Crippen MR) is 45.3 cm³/mol. The summed E-state index contributed by atoms with van der Waals surface area (Å²) < 4.78 is 0. The summed E-state index contributed by atoms with van der Waals surface area (Å²) in [5.74, 6) is -2.81. The molecule has 0 radical (unpaired) electrons. The van der Waals surface area contributed by atoms with Crippen LogP contribution in [0.2, 0.25) is 0 Å². The van der Waals surface area contributed by atoms with Crippen molar-refractivity contribution in [1.29, 1.82) is 0 Å². The first-order chi connectivity index (χ1) is 6.13. The van der Waals surface area contributed by atoms with Crippen LogP contribution in [0.25, 0.3) is 0 Å². The Balaban J connectivity index is 2.86. The first kappa shape index (κ1) is 9.38. The summed E-state index contributed by atoms with van der Waals surface area (Å²) in [7, 11) is 0. The molecule has 1 aromatic rings. The molecule has 1 atom stereocenters. The third kappa shape index (κ3) is 2.11. The molecule has 1 N–H and O–H groups in total. The molecule has 1 rings (SSSR count). The highest BCUT2D eigenvalue weighted by atomic mass is 16.4. The Labute approximate surface area is 75.2 Å². The number of rotatable bonds is 3. The number of carbonyl (C=O) groups is 2. The van der Waals surface area contributed by atoms with Gasteiger partial charge in [0.1, 0.15) is 0 Å². The molecule has 0 spiro atoms. The number of carboxylic acid groups (broad SMARTS) is 1. The molecule has 0 aromatic carbocycles. The van der Waals surface area contributed by atoms with Gasteiger partial charge in [0.05, 0.1) is 5.92 Å². The highest BCUT2D eigenvalue weighted by molar-refractivity contribution is 6.34. The number of pyridine rings is 1. The summed E-state index contributed by atoms with van der Waals surface area (Å²) in [6, 6.07) is 3.26. The van der Waals surface area contributed by atoms with Gasteiger partial charge in [-0.3, -0.25) is 9.78 Å². The quantitative estimate of drug-likeness (QED) is 0.698. The Morgan fingerprint density at radius 1 is 1.38 bits per heavy atom. The maximum Gasteiger partial charge on any atom is 0.372 e. The summed E-state index contributed by atoms with van der Waals surface area (Å²) in [5, 5.41) is 8.45. The second-order valence-electron chi connectivity index (χ2n) is 2.67. The van der Waals surface area contributed by atoms with E-state index in [0.29, 0.717) is 5.56 Å². The fraction of sp³-hybridized carbons (Fsp3) is 0.222. The highest BCUT2D eigenvalue weighted by Gasteiger charge is 2.21. The van der Waals surface area contributed by atoms with Crippen molar-refractivity contribution in [1.82, 2.24) is 4.98 Å². The van der Waals surface area contributed by atoms with Crippen molar-refractivity contribution in [3.8, 4) is 0 Å². The average Bonchev–Trinajstić information content (AvgIpc) is 2.17. The van der Waals surface area contributed by atoms with Gasteiger partial charge in [0.25, 0.3) is 0 Å². The minimum atomic E-state index is -1.40. The van der Waals surface area contributed by atoms with Gasteiger partial charge in [-0.15, -0.1) is 0 Å². The molecule has 1 aromatic heterocycles. The van der Waals surface area contributed by atoms with Gasteiger partial charge in [-0.25, -0.2) is 4.79 Å². The first-order valence-electron chi connectivity index (χ1n) is 3.80. The molecule has 0 bridgehead atoms. The third-order valence-corrected chi connectivity index (χ3v) is 1.81. The van der Waals surface area contributed by atoms with E-state index in [4.69, 9.17) is 5.11 Å². The van der Waals surface area contributed by atoms with Crippen molar-refractivity contribution < 1.29 is 14.7 Å². The molecule has 0 saturated carbocycles. The molecule has 4 nitrogen and oxygen atoms in total. The molecule has 68 valence electrons. The zero-order chi connectivity index (χ0) is 9.84. The van der Waals surface area contributed by atoms with E-state index < -0.39 is 17.7 Å². The maximum absolute atomic E-state index is 11.0. The molecular formula is C9H9NO3. The van der Waals surface area contributed by atoms with Crippen molar-refractivity contribution in [3.05, 3.63) is 30.1 Å². The lowest BCUT2D eigenvalue weighted by Gasteiger charge is -2.05. The van der Waals surface area contributed by atoms with Gasteiger partial charge in [-0.2, -0.15) is 0 Å². The Morgan fingerprint density at radius 2 is 1.92 bits per heavy atom. The van der Waals surface area contributed by atoms with Gasteiger partial charge in [0.2, 0.25) is 5.78 Å². The fourth-order valence-corrected chi connectivity index (χ4v) is 0.989. The SMILES string of the molecule is CC(C(=O)C(=O)O)c1ccncc1. The topological polar surface area (TPSA) is 67.3 Å². The lowest BCUT2D eigenvalue weighted by Crippen LogP contribution is -2.19. The molecule has 0 aliphatic rings. The van der Waals surface area contributed by atoms with Crippen LogP contribution in [0.1, 0.15) is 18.4 Å². The maximum atomic E-state index is 11.0. The van der Waals surface area contributed by atoms with E-state index in [-0.39, 0.29) is 0 Å². The van der Waals surface area contributed by atoms with Crippen molar-refractivity contribution in [2.45, 2.75) is 12.8 Å². The largest absolute Gasteiger partial charge is 0.475 e. The number of hydrogen-bond acceptors (Lipinski definition) is 3. The lowest BCUT2D eigenvalue weighted by atomic mass is 9.98. The second-order valence-corrected chi connectivity index (χ2v) is 2.67. The predicted octanol–water partition coefficient (Wildman–Crippen LogP) is 0.839. The summed E-state index contributed by atoms with van der Waals surface area (Å²) in [6.07, 6.45) is 3.06. The minimum Gasteiger partial charge on any atom is -0.475 e. The van der Waals surface area contributed by atoms with Gasteiger partial charge < -0.3 is 5.11 Å². The van der Waals surface area contributed by atoms with Crippen molar-refractivity contribution in [2.75, 3.05) is 0 Å².